The van der Waals surface area contributed by atoms with Gasteiger partial charge in [0.05, 0.1) is 24.4 Å². The summed E-state index contributed by atoms with van der Waals surface area (Å²) >= 11 is 0. The molecule has 2 N–H and O–H groups in total. The van der Waals surface area contributed by atoms with E-state index in [0.717, 1.165) is 22.6 Å². The summed E-state index contributed by atoms with van der Waals surface area (Å²) in [6, 6.07) is 7.69. The Balaban J connectivity index is 2.09. The molecule has 0 aliphatic rings. The summed E-state index contributed by atoms with van der Waals surface area (Å²) in [5, 5.41) is 4.18. The first kappa shape index (κ1) is 10.6. The van der Waals surface area contributed by atoms with Gasteiger partial charge in [0.25, 0.3) is 0 Å². The number of aryl methyl sites for hydroxylation is 1. The number of nitrogen functional groups attached to an aromatic ring is 1. The van der Waals surface area contributed by atoms with Crippen LogP contribution in [0.4, 0.5) is 5.69 Å². The van der Waals surface area contributed by atoms with E-state index < -0.39 is 0 Å². The summed E-state index contributed by atoms with van der Waals surface area (Å²) in [7, 11) is 1.90. The van der Waals surface area contributed by atoms with E-state index in [0.29, 0.717) is 0 Å². The number of hydrogen-bond donors (Lipinski definition) is 1. The molecule has 0 saturated carbocycles. The van der Waals surface area contributed by atoms with Gasteiger partial charge >= 0.3 is 0 Å². The average molecular weight is 239 g/mol. The second-order valence-corrected chi connectivity index (χ2v) is 4.14. The van der Waals surface area contributed by atoms with Gasteiger partial charge in [-0.05, 0) is 24.3 Å². The van der Waals surface area contributed by atoms with Gasteiger partial charge in [0.15, 0.2) is 0 Å². The SMILES string of the molecule is Cn1cc(-c2cncn2-c2ccc(N)cc2)cn1. The van der Waals surface area contributed by atoms with Crippen molar-refractivity contribution in [2.75, 3.05) is 5.73 Å². The lowest BCUT2D eigenvalue weighted by molar-refractivity contribution is 0.768. The minimum atomic E-state index is 0.752. The van der Waals surface area contributed by atoms with Crippen LogP contribution in [0.25, 0.3) is 16.9 Å². The maximum absolute atomic E-state index is 5.69. The molecule has 90 valence electrons. The number of aromatic nitrogens is 4. The van der Waals surface area contributed by atoms with E-state index in [1.807, 2.05) is 54.5 Å². The molecule has 0 amide bonds. The number of nitrogens with zero attached hydrogens (tertiary/aromatic N) is 4. The molecule has 0 bridgehead atoms. The average Bonchev–Trinajstić information content (AvgIpc) is 2.98. The Morgan fingerprint density at radius 1 is 1.11 bits per heavy atom. The number of imidazole rings is 1. The normalized spacial score (nSPS) is 10.7. The highest BCUT2D eigenvalue weighted by molar-refractivity contribution is 5.60. The molecule has 0 fully saturated rings. The third-order valence-corrected chi connectivity index (χ3v) is 2.81. The van der Waals surface area contributed by atoms with Crippen LogP contribution in [0.5, 0.6) is 0 Å². The molecule has 0 atom stereocenters. The van der Waals surface area contributed by atoms with Gasteiger partial charge in [-0.25, -0.2) is 4.98 Å². The Kier molecular flexibility index (Phi) is 2.37. The molecular weight excluding hydrogens is 226 g/mol. The minimum Gasteiger partial charge on any atom is -0.399 e. The van der Waals surface area contributed by atoms with Crippen molar-refractivity contribution in [1.29, 1.82) is 0 Å². The van der Waals surface area contributed by atoms with Crippen molar-refractivity contribution >= 4 is 5.69 Å². The third kappa shape index (κ3) is 1.75. The number of anilines is 1. The molecular formula is C13H13N5. The van der Waals surface area contributed by atoms with Gasteiger partial charge in [-0.2, -0.15) is 5.10 Å². The lowest BCUT2D eigenvalue weighted by Gasteiger charge is -2.06. The molecule has 3 rings (SSSR count). The van der Waals surface area contributed by atoms with Crippen LogP contribution in [0.3, 0.4) is 0 Å². The van der Waals surface area contributed by atoms with Crippen LogP contribution in [-0.2, 0) is 7.05 Å². The van der Waals surface area contributed by atoms with Crippen molar-refractivity contribution in [3.63, 3.8) is 0 Å². The van der Waals surface area contributed by atoms with E-state index in [-0.39, 0.29) is 0 Å². The summed E-state index contributed by atoms with van der Waals surface area (Å²) in [4.78, 5) is 4.20. The van der Waals surface area contributed by atoms with Gasteiger partial charge in [-0.15, -0.1) is 0 Å². The van der Waals surface area contributed by atoms with Crippen molar-refractivity contribution in [2.24, 2.45) is 7.05 Å². The zero-order valence-corrected chi connectivity index (χ0v) is 9.99. The molecule has 0 aliphatic heterocycles. The molecule has 0 aliphatic carbocycles. The largest absolute Gasteiger partial charge is 0.399 e. The fourth-order valence-corrected chi connectivity index (χ4v) is 1.90. The Morgan fingerprint density at radius 2 is 1.89 bits per heavy atom. The van der Waals surface area contributed by atoms with Crippen molar-refractivity contribution in [1.82, 2.24) is 19.3 Å². The molecule has 5 heteroatoms. The molecule has 18 heavy (non-hydrogen) atoms. The van der Waals surface area contributed by atoms with Gasteiger partial charge in [-0.3, -0.25) is 9.25 Å². The highest BCUT2D eigenvalue weighted by Crippen LogP contribution is 2.22. The fourth-order valence-electron chi connectivity index (χ4n) is 1.90. The predicted molar refractivity (Wildman–Crippen MR) is 70.2 cm³/mol. The fraction of sp³-hybridized carbons (Fsp3) is 0.0769. The molecule has 0 unspecified atom stereocenters. The van der Waals surface area contributed by atoms with Crippen molar-refractivity contribution < 1.29 is 0 Å². The van der Waals surface area contributed by atoms with Crippen LogP contribution >= 0.6 is 0 Å². The smallest absolute Gasteiger partial charge is 0.0997 e. The monoisotopic (exact) mass is 239 g/mol. The number of rotatable bonds is 2. The summed E-state index contributed by atoms with van der Waals surface area (Å²) < 4.78 is 3.78. The van der Waals surface area contributed by atoms with E-state index in [1.165, 1.54) is 0 Å². The maximum atomic E-state index is 5.69. The summed E-state index contributed by atoms with van der Waals surface area (Å²) in [5.74, 6) is 0. The van der Waals surface area contributed by atoms with E-state index in [4.69, 9.17) is 5.73 Å². The number of benzene rings is 1. The van der Waals surface area contributed by atoms with Crippen LogP contribution in [0.1, 0.15) is 0 Å². The first-order valence-corrected chi connectivity index (χ1v) is 5.61. The van der Waals surface area contributed by atoms with Gasteiger partial charge < -0.3 is 5.73 Å². The first-order chi connectivity index (χ1) is 8.74. The molecule has 2 heterocycles. The van der Waals surface area contributed by atoms with Gasteiger partial charge in [0, 0.05) is 30.2 Å². The van der Waals surface area contributed by atoms with E-state index in [1.54, 1.807) is 11.0 Å². The van der Waals surface area contributed by atoms with E-state index in [2.05, 4.69) is 10.1 Å². The van der Waals surface area contributed by atoms with E-state index in [9.17, 15) is 0 Å². The summed E-state index contributed by atoms with van der Waals surface area (Å²) in [5.41, 5.74) is 9.52. The topological polar surface area (TPSA) is 61.7 Å². The second-order valence-electron chi connectivity index (χ2n) is 4.14. The lowest BCUT2D eigenvalue weighted by atomic mass is 10.2. The standard InChI is InChI=1S/C13H13N5/c1-17-8-10(6-16-17)13-7-15-9-18(13)12-4-2-11(14)3-5-12/h2-9H,14H2,1H3. The van der Waals surface area contributed by atoms with Crippen molar-refractivity contribution in [3.8, 4) is 16.9 Å². The Bertz CT molecular complexity index is 663. The Hall–Kier alpha value is -2.56. The zero-order valence-electron chi connectivity index (χ0n) is 9.99. The van der Waals surface area contributed by atoms with E-state index >= 15 is 0 Å². The quantitative estimate of drug-likeness (QED) is 0.694. The molecule has 3 aromatic rings. The maximum Gasteiger partial charge on any atom is 0.0997 e. The zero-order chi connectivity index (χ0) is 12.5. The van der Waals surface area contributed by atoms with Crippen LogP contribution in [0.2, 0.25) is 0 Å². The first-order valence-electron chi connectivity index (χ1n) is 5.61. The highest BCUT2D eigenvalue weighted by atomic mass is 15.2. The summed E-state index contributed by atoms with van der Waals surface area (Å²) in [6.07, 6.45) is 7.40. The second kappa shape index (κ2) is 4.03. The molecule has 1 aromatic carbocycles. The number of nitrogens with two attached hydrogens (primary N) is 1. The molecule has 2 aromatic heterocycles. The van der Waals surface area contributed by atoms with Gasteiger partial charge in [-0.1, -0.05) is 0 Å². The van der Waals surface area contributed by atoms with Crippen LogP contribution in [-0.4, -0.2) is 19.3 Å². The van der Waals surface area contributed by atoms with Gasteiger partial charge in [0.1, 0.15) is 0 Å². The Morgan fingerprint density at radius 3 is 2.56 bits per heavy atom. The molecule has 5 nitrogen and oxygen atoms in total. The highest BCUT2D eigenvalue weighted by Gasteiger charge is 2.08. The minimum absolute atomic E-state index is 0.752. The lowest BCUT2D eigenvalue weighted by Crippen LogP contribution is -1.95. The van der Waals surface area contributed by atoms with Crippen molar-refractivity contribution in [2.45, 2.75) is 0 Å². The third-order valence-electron chi connectivity index (χ3n) is 2.81. The van der Waals surface area contributed by atoms with Crippen LogP contribution < -0.4 is 5.73 Å². The van der Waals surface area contributed by atoms with Crippen LogP contribution in [0, 0.1) is 0 Å². The molecule has 0 saturated heterocycles. The van der Waals surface area contributed by atoms with Crippen LogP contribution in [0.15, 0.2) is 49.2 Å². The summed E-state index contributed by atoms with van der Waals surface area (Å²) in [6.45, 7) is 0. The van der Waals surface area contributed by atoms with Gasteiger partial charge in [0.2, 0.25) is 0 Å². The Labute approximate surface area is 104 Å². The predicted octanol–water partition coefficient (Wildman–Crippen LogP) is 1.85. The molecule has 0 spiro atoms. The number of hydrogen-bond acceptors (Lipinski definition) is 3. The van der Waals surface area contributed by atoms with Crippen molar-refractivity contribution in [3.05, 3.63) is 49.2 Å². The molecule has 0 radical (unpaired) electrons.